The molecule has 9 heteroatoms. The van der Waals surface area contributed by atoms with E-state index in [0.717, 1.165) is 28.9 Å². The van der Waals surface area contributed by atoms with Crippen molar-refractivity contribution in [1.29, 1.82) is 0 Å². The molecule has 0 saturated heterocycles. The third kappa shape index (κ3) is 5.67. The molecule has 1 amide bonds. The Morgan fingerprint density at radius 2 is 1.72 bits per heavy atom. The van der Waals surface area contributed by atoms with Crippen molar-refractivity contribution in [2.75, 3.05) is 36.8 Å². The summed E-state index contributed by atoms with van der Waals surface area (Å²) in [5, 5.41) is 0.630. The third-order valence-electron chi connectivity index (χ3n) is 5.44. The van der Waals surface area contributed by atoms with Crippen molar-refractivity contribution < 1.29 is 13.2 Å². The fraction of sp³-hybridized carbons (Fsp3) is 0.391. The largest absolute Gasteiger partial charge is 0.302 e. The fourth-order valence-corrected chi connectivity index (χ4v) is 5.39. The Morgan fingerprint density at radius 1 is 1.03 bits per heavy atom. The predicted molar refractivity (Wildman–Crippen MR) is 135 cm³/mol. The molecule has 3 rings (SSSR count). The molecule has 6 nitrogen and oxygen atoms in total. The number of fused-ring (bicyclic) bond motifs is 1. The molecule has 0 unspecified atom stereocenters. The van der Waals surface area contributed by atoms with E-state index in [-0.39, 0.29) is 29.0 Å². The number of hydrogen-bond donors (Lipinski definition) is 0. The number of aryl methyl sites for hydroxylation is 1. The minimum absolute atomic E-state index is 0. The van der Waals surface area contributed by atoms with Crippen molar-refractivity contribution >= 4 is 54.8 Å². The quantitative estimate of drug-likeness (QED) is 0.426. The van der Waals surface area contributed by atoms with Crippen LogP contribution in [0.2, 0.25) is 0 Å². The van der Waals surface area contributed by atoms with Crippen LogP contribution in [0.15, 0.2) is 47.4 Å². The number of benzene rings is 2. The van der Waals surface area contributed by atoms with E-state index in [9.17, 15) is 13.2 Å². The molecule has 0 atom stereocenters. The molecule has 32 heavy (non-hydrogen) atoms. The molecule has 0 aliphatic heterocycles. The summed E-state index contributed by atoms with van der Waals surface area (Å²) in [5.41, 5.74) is 2.31. The molecular formula is C23H30ClN3O3S2. The van der Waals surface area contributed by atoms with Gasteiger partial charge in [0.1, 0.15) is 0 Å². The van der Waals surface area contributed by atoms with Crippen LogP contribution < -0.4 is 4.90 Å². The lowest BCUT2D eigenvalue weighted by Crippen LogP contribution is -2.39. The van der Waals surface area contributed by atoms with Gasteiger partial charge in [0.2, 0.25) is 0 Å². The summed E-state index contributed by atoms with van der Waals surface area (Å²) in [6, 6.07) is 12.3. The number of sulfone groups is 1. The number of likely N-dealkylation sites (N-methyl/N-ethyl adjacent to an activating group) is 1. The van der Waals surface area contributed by atoms with Crippen LogP contribution in [-0.2, 0) is 9.84 Å². The highest BCUT2D eigenvalue weighted by atomic mass is 35.5. The first-order chi connectivity index (χ1) is 14.8. The Hall–Kier alpha value is -2.00. The molecule has 0 fully saturated rings. The van der Waals surface area contributed by atoms with E-state index in [0.29, 0.717) is 23.8 Å². The molecule has 2 aromatic carbocycles. The van der Waals surface area contributed by atoms with Gasteiger partial charge >= 0.3 is 0 Å². The number of hydrogen-bond acceptors (Lipinski definition) is 6. The zero-order valence-corrected chi connectivity index (χ0v) is 21.3. The molecule has 0 aliphatic carbocycles. The van der Waals surface area contributed by atoms with Gasteiger partial charge < -0.3 is 4.90 Å². The van der Waals surface area contributed by atoms with Gasteiger partial charge in [0.15, 0.2) is 15.0 Å². The number of rotatable bonds is 9. The summed E-state index contributed by atoms with van der Waals surface area (Å²) in [5.74, 6) is -0.245. The molecule has 0 radical (unpaired) electrons. The summed E-state index contributed by atoms with van der Waals surface area (Å²) >= 11 is 1.48. The van der Waals surface area contributed by atoms with E-state index in [2.05, 4.69) is 18.7 Å². The lowest BCUT2D eigenvalue weighted by molar-refractivity contribution is 0.0983. The van der Waals surface area contributed by atoms with Crippen LogP contribution in [-0.4, -0.2) is 56.1 Å². The van der Waals surface area contributed by atoms with Gasteiger partial charge in [-0.1, -0.05) is 50.3 Å². The SMILES string of the molecule is CCN(CC)CCN(C(=O)c1cccc(S(=O)(=O)CC)c1)c1nc2c(C)cccc2s1.Cl. The molecule has 0 saturated carbocycles. The topological polar surface area (TPSA) is 70.6 Å². The molecular weight excluding hydrogens is 466 g/mol. The molecule has 0 bridgehead atoms. The maximum absolute atomic E-state index is 13.5. The molecule has 3 aromatic rings. The van der Waals surface area contributed by atoms with Crippen molar-refractivity contribution in [3.8, 4) is 0 Å². The predicted octanol–water partition coefficient (Wildman–Crippen LogP) is 4.81. The van der Waals surface area contributed by atoms with Crippen molar-refractivity contribution in [2.24, 2.45) is 0 Å². The molecule has 0 spiro atoms. The van der Waals surface area contributed by atoms with Gasteiger partial charge in [0.05, 0.1) is 20.9 Å². The highest BCUT2D eigenvalue weighted by Crippen LogP contribution is 2.31. The summed E-state index contributed by atoms with van der Waals surface area (Å²) in [6.45, 7) is 10.8. The van der Waals surface area contributed by atoms with Crippen LogP contribution in [0.5, 0.6) is 0 Å². The Bertz CT molecular complexity index is 1170. The first kappa shape index (κ1) is 26.3. The standard InChI is InChI=1S/C23H29N3O3S2.ClH/c1-5-25(6-2)14-15-26(23-24-21-17(4)10-8-13-20(21)30-23)22(27)18-11-9-12-19(16-18)31(28,29)7-3;/h8-13,16H,5-7,14-15H2,1-4H3;1H. The van der Waals surface area contributed by atoms with E-state index in [1.165, 1.54) is 23.5 Å². The van der Waals surface area contributed by atoms with Crippen LogP contribution in [0.1, 0.15) is 36.7 Å². The highest BCUT2D eigenvalue weighted by Gasteiger charge is 2.23. The van der Waals surface area contributed by atoms with Gasteiger partial charge in [-0.25, -0.2) is 13.4 Å². The van der Waals surface area contributed by atoms with Gasteiger partial charge in [-0.2, -0.15) is 0 Å². The van der Waals surface area contributed by atoms with Crippen molar-refractivity contribution in [3.05, 3.63) is 53.6 Å². The van der Waals surface area contributed by atoms with Crippen LogP contribution in [0, 0.1) is 6.92 Å². The second kappa shape index (κ2) is 11.2. The van der Waals surface area contributed by atoms with E-state index in [1.807, 2.05) is 25.1 Å². The summed E-state index contributed by atoms with van der Waals surface area (Å²) in [4.78, 5) is 22.4. The van der Waals surface area contributed by atoms with Crippen molar-refractivity contribution in [3.63, 3.8) is 0 Å². The first-order valence-corrected chi connectivity index (χ1v) is 13.0. The van der Waals surface area contributed by atoms with Crippen LogP contribution in [0.25, 0.3) is 10.2 Å². The number of aromatic nitrogens is 1. The van der Waals surface area contributed by atoms with Gasteiger partial charge in [-0.15, -0.1) is 12.4 Å². The van der Waals surface area contributed by atoms with Gasteiger partial charge in [0.25, 0.3) is 5.91 Å². The van der Waals surface area contributed by atoms with E-state index >= 15 is 0 Å². The molecule has 1 aromatic heterocycles. The number of amides is 1. The van der Waals surface area contributed by atoms with E-state index < -0.39 is 9.84 Å². The summed E-state index contributed by atoms with van der Waals surface area (Å²) in [6.07, 6.45) is 0. The Morgan fingerprint density at radius 3 is 2.34 bits per heavy atom. The molecule has 0 aliphatic rings. The number of anilines is 1. The van der Waals surface area contributed by atoms with Crippen molar-refractivity contribution in [2.45, 2.75) is 32.6 Å². The number of carbonyl (C=O) groups is 1. The fourth-order valence-electron chi connectivity index (χ4n) is 3.40. The number of para-hydroxylation sites is 1. The number of thiazole rings is 1. The minimum atomic E-state index is -3.40. The highest BCUT2D eigenvalue weighted by molar-refractivity contribution is 7.91. The minimum Gasteiger partial charge on any atom is -0.302 e. The monoisotopic (exact) mass is 495 g/mol. The Balaban J connectivity index is 0.00000363. The Labute approximate surface area is 200 Å². The third-order valence-corrected chi connectivity index (χ3v) is 8.22. The van der Waals surface area contributed by atoms with Gasteiger partial charge in [0, 0.05) is 18.7 Å². The maximum atomic E-state index is 13.5. The summed E-state index contributed by atoms with van der Waals surface area (Å²) in [7, 11) is -3.40. The Kier molecular flexibility index (Phi) is 9.21. The van der Waals surface area contributed by atoms with Crippen LogP contribution in [0.4, 0.5) is 5.13 Å². The molecule has 174 valence electrons. The van der Waals surface area contributed by atoms with E-state index in [1.54, 1.807) is 24.0 Å². The number of carbonyl (C=O) groups excluding carboxylic acids is 1. The van der Waals surface area contributed by atoms with Gasteiger partial charge in [-0.05, 0) is 49.8 Å². The smallest absolute Gasteiger partial charge is 0.260 e. The second-order valence-electron chi connectivity index (χ2n) is 7.33. The zero-order valence-electron chi connectivity index (χ0n) is 18.9. The van der Waals surface area contributed by atoms with Gasteiger partial charge in [-0.3, -0.25) is 9.69 Å². The zero-order chi connectivity index (χ0) is 22.6. The lowest BCUT2D eigenvalue weighted by atomic mass is 10.2. The molecule has 0 N–H and O–H groups in total. The number of halogens is 1. The summed E-state index contributed by atoms with van der Waals surface area (Å²) < 4.78 is 25.7. The second-order valence-corrected chi connectivity index (χ2v) is 10.6. The van der Waals surface area contributed by atoms with Crippen LogP contribution >= 0.6 is 23.7 Å². The number of nitrogens with zero attached hydrogens (tertiary/aromatic N) is 3. The maximum Gasteiger partial charge on any atom is 0.260 e. The first-order valence-electron chi connectivity index (χ1n) is 10.5. The van der Waals surface area contributed by atoms with Crippen LogP contribution in [0.3, 0.4) is 0 Å². The average Bonchev–Trinajstić information content (AvgIpc) is 3.22. The van der Waals surface area contributed by atoms with Crippen molar-refractivity contribution in [1.82, 2.24) is 9.88 Å². The molecule has 1 heterocycles. The lowest BCUT2D eigenvalue weighted by Gasteiger charge is -2.25. The van der Waals surface area contributed by atoms with E-state index in [4.69, 9.17) is 4.98 Å². The average molecular weight is 496 g/mol. The normalized spacial score (nSPS) is 11.5.